The Labute approximate surface area is 162 Å². The fraction of sp³-hybridized carbons (Fsp3) is 0.167. The van der Waals surface area contributed by atoms with Gasteiger partial charge in [0.05, 0.1) is 31.8 Å². The van der Waals surface area contributed by atoms with Gasteiger partial charge in [0.15, 0.2) is 11.5 Å². The lowest BCUT2D eigenvalue weighted by Gasteiger charge is -2.23. The van der Waals surface area contributed by atoms with Gasteiger partial charge >= 0.3 is 10.2 Å². The van der Waals surface area contributed by atoms with Gasteiger partial charge in [-0.05, 0) is 36.4 Å². The molecule has 0 spiro atoms. The number of pyridine rings is 1. The van der Waals surface area contributed by atoms with Gasteiger partial charge in [0, 0.05) is 18.8 Å². The number of ether oxygens (including phenoxy) is 2. The summed E-state index contributed by atoms with van der Waals surface area (Å²) in [4.78, 5) is 16.6. The molecule has 0 radical (unpaired) electrons. The van der Waals surface area contributed by atoms with E-state index >= 15 is 0 Å². The lowest BCUT2D eigenvalue weighted by atomic mass is 10.1. The van der Waals surface area contributed by atoms with Crippen LogP contribution in [0.5, 0.6) is 11.5 Å². The number of allylic oxidation sites excluding steroid dienone is 1. The first-order valence-corrected chi connectivity index (χ1v) is 9.49. The summed E-state index contributed by atoms with van der Waals surface area (Å²) >= 11 is 0. The van der Waals surface area contributed by atoms with Gasteiger partial charge in [-0.15, -0.1) is 4.40 Å². The van der Waals surface area contributed by atoms with Crippen molar-refractivity contribution in [2.75, 3.05) is 26.6 Å². The molecule has 0 saturated heterocycles. The number of benzene rings is 1. The van der Waals surface area contributed by atoms with E-state index in [0.717, 1.165) is 4.31 Å². The van der Waals surface area contributed by atoms with E-state index in [1.54, 1.807) is 36.5 Å². The van der Waals surface area contributed by atoms with Crippen molar-refractivity contribution in [2.24, 2.45) is 4.40 Å². The van der Waals surface area contributed by atoms with Crippen LogP contribution >= 0.6 is 0 Å². The van der Waals surface area contributed by atoms with Crippen molar-refractivity contribution in [1.82, 2.24) is 9.29 Å². The SMILES string of the molecule is COc1ccc(C2=NS(=O)(=O)N(C)C(C(=O)Nc3cccnc3)=C2)cc1OC. The lowest BCUT2D eigenvalue weighted by Crippen LogP contribution is -2.35. The fourth-order valence-electron chi connectivity index (χ4n) is 2.53. The van der Waals surface area contributed by atoms with E-state index in [1.807, 2.05) is 0 Å². The Balaban J connectivity index is 2.01. The summed E-state index contributed by atoms with van der Waals surface area (Å²) < 4.78 is 40.0. The second kappa shape index (κ2) is 7.69. The van der Waals surface area contributed by atoms with Gasteiger partial charge in [0.2, 0.25) is 0 Å². The Bertz CT molecular complexity index is 1060. The summed E-state index contributed by atoms with van der Waals surface area (Å²) in [5.74, 6) is 0.293. The van der Waals surface area contributed by atoms with E-state index in [9.17, 15) is 13.2 Å². The van der Waals surface area contributed by atoms with Crippen molar-refractivity contribution in [3.05, 3.63) is 60.1 Å². The number of aromatic nitrogens is 1. The molecule has 146 valence electrons. The Morgan fingerprint density at radius 3 is 2.54 bits per heavy atom. The highest BCUT2D eigenvalue weighted by molar-refractivity contribution is 7.88. The predicted molar refractivity (Wildman–Crippen MR) is 104 cm³/mol. The minimum atomic E-state index is -4.08. The van der Waals surface area contributed by atoms with Gasteiger partial charge in [-0.25, -0.2) is 4.31 Å². The molecular weight excluding hydrogens is 384 g/mol. The zero-order valence-corrected chi connectivity index (χ0v) is 16.2. The number of anilines is 1. The summed E-state index contributed by atoms with van der Waals surface area (Å²) in [6.07, 6.45) is 4.42. The highest BCUT2D eigenvalue weighted by Crippen LogP contribution is 2.29. The van der Waals surface area contributed by atoms with Crippen molar-refractivity contribution in [3.63, 3.8) is 0 Å². The largest absolute Gasteiger partial charge is 0.493 e. The molecule has 1 aromatic heterocycles. The number of amides is 1. The standard InChI is InChI=1S/C18H18N4O5S/c1-22-15(18(23)20-13-5-4-8-19-11-13)10-14(21-28(22,24)25)12-6-7-16(26-2)17(9-12)27-3/h4-11H,1-3H3,(H,20,23). The monoisotopic (exact) mass is 402 g/mol. The Morgan fingerprint density at radius 1 is 1.14 bits per heavy atom. The van der Waals surface area contributed by atoms with Crippen molar-refractivity contribution < 1.29 is 22.7 Å². The number of carbonyl (C=O) groups excluding carboxylic acids is 1. The fourth-order valence-corrected chi connectivity index (χ4v) is 3.44. The molecular formula is C18H18N4O5S. The summed E-state index contributed by atoms with van der Waals surface area (Å²) in [7, 11) is 0.152. The van der Waals surface area contributed by atoms with Gasteiger partial charge in [-0.1, -0.05) is 0 Å². The topological polar surface area (TPSA) is 110 Å². The minimum Gasteiger partial charge on any atom is -0.493 e. The zero-order chi connectivity index (χ0) is 20.3. The average Bonchev–Trinajstić information content (AvgIpc) is 2.69. The quantitative estimate of drug-likeness (QED) is 0.813. The Kier molecular flexibility index (Phi) is 5.32. The van der Waals surface area contributed by atoms with E-state index in [4.69, 9.17) is 9.47 Å². The number of rotatable bonds is 5. The number of likely N-dealkylation sites (N-methyl/N-ethyl adjacent to an activating group) is 1. The van der Waals surface area contributed by atoms with Gasteiger partial charge in [-0.3, -0.25) is 9.78 Å². The van der Waals surface area contributed by atoms with Crippen molar-refractivity contribution in [2.45, 2.75) is 0 Å². The van der Waals surface area contributed by atoms with Crippen LogP contribution in [0.2, 0.25) is 0 Å². The van der Waals surface area contributed by atoms with Crippen LogP contribution in [-0.4, -0.2) is 50.6 Å². The summed E-state index contributed by atoms with van der Waals surface area (Å²) in [5.41, 5.74) is 0.925. The highest BCUT2D eigenvalue weighted by atomic mass is 32.2. The molecule has 28 heavy (non-hydrogen) atoms. The van der Waals surface area contributed by atoms with Crippen molar-refractivity contribution in [3.8, 4) is 11.5 Å². The molecule has 0 bridgehead atoms. The normalized spacial score (nSPS) is 15.3. The first-order valence-electron chi connectivity index (χ1n) is 8.10. The van der Waals surface area contributed by atoms with E-state index in [0.29, 0.717) is 22.7 Å². The second-order valence-corrected chi connectivity index (χ2v) is 7.34. The zero-order valence-electron chi connectivity index (χ0n) is 15.4. The van der Waals surface area contributed by atoms with E-state index in [-0.39, 0.29) is 11.4 Å². The maximum absolute atomic E-state index is 12.7. The van der Waals surface area contributed by atoms with Crippen LogP contribution in [0.1, 0.15) is 5.56 Å². The van der Waals surface area contributed by atoms with E-state index < -0.39 is 16.1 Å². The molecule has 9 nitrogen and oxygen atoms in total. The highest BCUT2D eigenvalue weighted by Gasteiger charge is 2.30. The predicted octanol–water partition coefficient (Wildman–Crippen LogP) is 1.60. The minimum absolute atomic E-state index is 0.0800. The number of methoxy groups -OCH3 is 2. The van der Waals surface area contributed by atoms with Gasteiger partial charge in [-0.2, -0.15) is 8.42 Å². The number of nitrogens with one attached hydrogen (secondary N) is 1. The second-order valence-electron chi connectivity index (χ2n) is 5.72. The molecule has 1 amide bonds. The first kappa shape index (κ1) is 19.4. The average molecular weight is 402 g/mol. The molecule has 2 aromatic rings. The molecule has 1 aromatic carbocycles. The van der Waals surface area contributed by atoms with Gasteiger partial charge in [0.1, 0.15) is 5.70 Å². The molecule has 0 unspecified atom stereocenters. The molecule has 0 atom stereocenters. The molecule has 3 rings (SSSR count). The van der Waals surface area contributed by atoms with Gasteiger partial charge in [0.25, 0.3) is 5.91 Å². The number of hydrogen-bond acceptors (Lipinski definition) is 6. The molecule has 1 N–H and O–H groups in total. The third-order valence-corrected chi connectivity index (χ3v) is 5.32. The molecule has 10 heteroatoms. The number of carbonyl (C=O) groups is 1. The first-order chi connectivity index (χ1) is 13.4. The van der Waals surface area contributed by atoms with E-state index in [1.165, 1.54) is 33.5 Å². The van der Waals surface area contributed by atoms with Crippen LogP contribution in [0.25, 0.3) is 0 Å². The van der Waals surface area contributed by atoms with Crippen molar-refractivity contribution >= 4 is 27.5 Å². The van der Waals surface area contributed by atoms with Crippen LogP contribution in [0, 0.1) is 0 Å². The summed E-state index contributed by atoms with van der Waals surface area (Å²) in [6.45, 7) is 0. The molecule has 0 saturated carbocycles. The smallest absolute Gasteiger partial charge is 0.345 e. The van der Waals surface area contributed by atoms with Crippen LogP contribution in [0.3, 0.4) is 0 Å². The van der Waals surface area contributed by atoms with Crippen molar-refractivity contribution in [1.29, 1.82) is 0 Å². The van der Waals surface area contributed by atoms with Crippen LogP contribution < -0.4 is 14.8 Å². The third kappa shape index (κ3) is 3.81. The molecule has 0 aliphatic carbocycles. The maximum atomic E-state index is 12.7. The van der Waals surface area contributed by atoms with E-state index in [2.05, 4.69) is 14.7 Å². The summed E-state index contributed by atoms with van der Waals surface area (Å²) in [5, 5.41) is 2.62. The molecule has 1 aliphatic heterocycles. The number of nitrogens with zero attached hydrogens (tertiary/aromatic N) is 3. The summed E-state index contributed by atoms with van der Waals surface area (Å²) in [6, 6.07) is 8.15. The van der Waals surface area contributed by atoms with Crippen LogP contribution in [-0.2, 0) is 15.0 Å². The molecule has 2 heterocycles. The Morgan fingerprint density at radius 2 is 1.89 bits per heavy atom. The maximum Gasteiger partial charge on any atom is 0.345 e. The van der Waals surface area contributed by atoms with Crippen LogP contribution in [0.15, 0.2) is 58.9 Å². The molecule has 0 fully saturated rings. The van der Waals surface area contributed by atoms with Crippen LogP contribution in [0.4, 0.5) is 5.69 Å². The number of hydrogen-bond donors (Lipinski definition) is 1. The third-order valence-electron chi connectivity index (χ3n) is 4.00. The lowest BCUT2D eigenvalue weighted by molar-refractivity contribution is -0.113. The Hall–Kier alpha value is -3.40. The van der Waals surface area contributed by atoms with Gasteiger partial charge < -0.3 is 14.8 Å². The molecule has 1 aliphatic rings.